The maximum absolute atomic E-state index is 12.7. The van der Waals surface area contributed by atoms with Gasteiger partial charge in [-0.2, -0.15) is 0 Å². The van der Waals surface area contributed by atoms with Gasteiger partial charge in [-0.1, -0.05) is 5.16 Å². The minimum atomic E-state index is -0.878. The number of nitrogens with zero attached hydrogens (tertiary/aromatic N) is 2. The molecule has 6 heteroatoms. The van der Waals surface area contributed by atoms with E-state index in [1.54, 1.807) is 4.90 Å². The molecule has 0 aromatic carbocycles. The Morgan fingerprint density at radius 1 is 1.44 bits per heavy atom. The maximum atomic E-state index is 12.7. The van der Waals surface area contributed by atoms with E-state index >= 15 is 0 Å². The number of carbonyl (C=O) groups is 1. The standard InChI is InChI=1S/C12H21N3O3/c1-15(9-3-2-4-9)11(16)12(10(13)14-17)5-7-18-8-6-12/h9,17H,2-8H2,1H3,(H2,13,14). The molecule has 2 rings (SSSR count). The molecule has 1 saturated carbocycles. The Hall–Kier alpha value is -1.30. The second kappa shape index (κ2) is 5.14. The van der Waals surface area contributed by atoms with Crippen molar-refractivity contribution in [1.29, 1.82) is 0 Å². The van der Waals surface area contributed by atoms with Crippen molar-refractivity contribution in [2.75, 3.05) is 20.3 Å². The molecule has 0 spiro atoms. The van der Waals surface area contributed by atoms with E-state index in [1.807, 2.05) is 7.05 Å². The van der Waals surface area contributed by atoms with Crippen molar-refractivity contribution in [3.63, 3.8) is 0 Å². The number of hydrogen-bond acceptors (Lipinski definition) is 4. The van der Waals surface area contributed by atoms with Crippen LogP contribution in [0.2, 0.25) is 0 Å². The van der Waals surface area contributed by atoms with Crippen LogP contribution in [0.3, 0.4) is 0 Å². The minimum absolute atomic E-state index is 0.0157. The summed E-state index contributed by atoms with van der Waals surface area (Å²) < 4.78 is 5.29. The van der Waals surface area contributed by atoms with Gasteiger partial charge < -0.3 is 20.6 Å². The monoisotopic (exact) mass is 255 g/mol. The van der Waals surface area contributed by atoms with Crippen molar-refractivity contribution in [2.24, 2.45) is 16.3 Å². The highest BCUT2D eigenvalue weighted by molar-refractivity contribution is 6.06. The van der Waals surface area contributed by atoms with E-state index in [1.165, 1.54) is 6.42 Å². The van der Waals surface area contributed by atoms with Gasteiger partial charge in [0.2, 0.25) is 5.91 Å². The molecule has 1 amide bonds. The number of ether oxygens (including phenoxy) is 1. The highest BCUT2D eigenvalue weighted by Crippen LogP contribution is 2.35. The Balaban J connectivity index is 2.19. The average Bonchev–Trinajstić information content (AvgIpc) is 2.35. The predicted molar refractivity (Wildman–Crippen MR) is 66.3 cm³/mol. The van der Waals surface area contributed by atoms with Crippen LogP contribution < -0.4 is 5.73 Å². The van der Waals surface area contributed by atoms with Crippen molar-refractivity contribution < 1.29 is 14.7 Å². The van der Waals surface area contributed by atoms with Crippen LogP contribution in [-0.2, 0) is 9.53 Å². The molecule has 0 unspecified atom stereocenters. The topological polar surface area (TPSA) is 88.2 Å². The van der Waals surface area contributed by atoms with E-state index in [9.17, 15) is 4.79 Å². The number of oxime groups is 1. The highest BCUT2D eigenvalue weighted by atomic mass is 16.5. The van der Waals surface area contributed by atoms with Gasteiger partial charge in [0, 0.05) is 26.3 Å². The fourth-order valence-corrected chi connectivity index (χ4v) is 2.67. The molecule has 1 heterocycles. The second-order valence-electron chi connectivity index (χ2n) is 5.18. The molecule has 0 bridgehead atoms. The summed E-state index contributed by atoms with van der Waals surface area (Å²) in [7, 11) is 1.81. The van der Waals surface area contributed by atoms with Crippen LogP contribution in [0.25, 0.3) is 0 Å². The first kappa shape index (κ1) is 13.1. The third-order valence-corrected chi connectivity index (χ3v) is 4.30. The molecule has 0 radical (unpaired) electrons. The highest BCUT2D eigenvalue weighted by Gasteiger charge is 2.47. The number of nitrogens with two attached hydrogens (primary N) is 1. The van der Waals surface area contributed by atoms with Gasteiger partial charge >= 0.3 is 0 Å². The number of rotatable bonds is 3. The third-order valence-electron chi connectivity index (χ3n) is 4.30. The van der Waals surface area contributed by atoms with Crippen LogP contribution >= 0.6 is 0 Å². The van der Waals surface area contributed by atoms with Crippen LogP contribution in [0.1, 0.15) is 32.1 Å². The molecule has 18 heavy (non-hydrogen) atoms. The van der Waals surface area contributed by atoms with Crippen LogP contribution in [0, 0.1) is 5.41 Å². The molecule has 0 atom stereocenters. The van der Waals surface area contributed by atoms with E-state index in [-0.39, 0.29) is 11.7 Å². The molecular formula is C12H21N3O3. The van der Waals surface area contributed by atoms with Gasteiger partial charge in [-0.25, -0.2) is 0 Å². The smallest absolute Gasteiger partial charge is 0.236 e. The van der Waals surface area contributed by atoms with Crippen molar-refractivity contribution in [3.8, 4) is 0 Å². The summed E-state index contributed by atoms with van der Waals surface area (Å²) in [5.41, 5.74) is 4.90. The van der Waals surface area contributed by atoms with Gasteiger partial charge in [0.15, 0.2) is 5.84 Å². The molecule has 1 saturated heterocycles. The summed E-state index contributed by atoms with van der Waals surface area (Å²) in [6.45, 7) is 0.945. The van der Waals surface area contributed by atoms with Crippen LogP contribution in [-0.4, -0.2) is 48.2 Å². The number of hydrogen-bond donors (Lipinski definition) is 2. The molecule has 1 aliphatic heterocycles. The lowest BCUT2D eigenvalue weighted by Gasteiger charge is -2.42. The maximum Gasteiger partial charge on any atom is 0.236 e. The van der Waals surface area contributed by atoms with E-state index in [2.05, 4.69) is 5.16 Å². The zero-order valence-electron chi connectivity index (χ0n) is 10.8. The Bertz CT molecular complexity index is 346. The van der Waals surface area contributed by atoms with Crippen molar-refractivity contribution in [2.45, 2.75) is 38.1 Å². The van der Waals surface area contributed by atoms with Crippen molar-refractivity contribution >= 4 is 11.7 Å². The van der Waals surface area contributed by atoms with Gasteiger partial charge in [0.1, 0.15) is 5.41 Å². The van der Waals surface area contributed by atoms with Gasteiger partial charge in [0.05, 0.1) is 0 Å². The zero-order valence-corrected chi connectivity index (χ0v) is 10.8. The first-order chi connectivity index (χ1) is 8.62. The van der Waals surface area contributed by atoms with Crippen LogP contribution in [0.15, 0.2) is 5.16 Å². The van der Waals surface area contributed by atoms with E-state index < -0.39 is 5.41 Å². The lowest BCUT2D eigenvalue weighted by molar-refractivity contribution is -0.145. The fraction of sp³-hybridized carbons (Fsp3) is 0.833. The summed E-state index contributed by atoms with van der Waals surface area (Å²) in [6.07, 6.45) is 4.23. The van der Waals surface area contributed by atoms with Gasteiger partial charge in [-0.15, -0.1) is 0 Å². The quantitative estimate of drug-likeness (QED) is 0.333. The normalized spacial score (nSPS) is 24.4. The Morgan fingerprint density at radius 3 is 2.50 bits per heavy atom. The lowest BCUT2D eigenvalue weighted by Crippen LogP contribution is -2.56. The van der Waals surface area contributed by atoms with E-state index in [0.717, 1.165) is 12.8 Å². The van der Waals surface area contributed by atoms with Gasteiger partial charge in [-0.05, 0) is 32.1 Å². The van der Waals surface area contributed by atoms with Crippen molar-refractivity contribution in [1.82, 2.24) is 4.90 Å². The number of carbonyl (C=O) groups excluding carboxylic acids is 1. The minimum Gasteiger partial charge on any atom is -0.409 e. The van der Waals surface area contributed by atoms with Crippen LogP contribution in [0.5, 0.6) is 0 Å². The summed E-state index contributed by atoms with van der Waals surface area (Å²) >= 11 is 0. The molecule has 6 nitrogen and oxygen atoms in total. The lowest BCUT2D eigenvalue weighted by atomic mass is 9.76. The fourth-order valence-electron chi connectivity index (χ4n) is 2.67. The number of amides is 1. The molecule has 3 N–H and O–H groups in total. The first-order valence-corrected chi connectivity index (χ1v) is 6.45. The summed E-state index contributed by atoms with van der Waals surface area (Å²) in [5.74, 6) is -0.0206. The molecule has 0 aromatic rings. The summed E-state index contributed by atoms with van der Waals surface area (Å²) in [6, 6.07) is 0.309. The van der Waals surface area contributed by atoms with Crippen LogP contribution in [0.4, 0.5) is 0 Å². The molecule has 2 aliphatic rings. The molecule has 1 aliphatic carbocycles. The largest absolute Gasteiger partial charge is 0.409 e. The predicted octanol–water partition coefficient (Wildman–Crippen LogP) is 0.540. The zero-order chi connectivity index (χ0) is 13.2. The summed E-state index contributed by atoms with van der Waals surface area (Å²) in [4.78, 5) is 14.4. The van der Waals surface area contributed by atoms with Gasteiger partial charge in [-0.3, -0.25) is 4.79 Å². The molecule has 102 valence electrons. The molecular weight excluding hydrogens is 234 g/mol. The van der Waals surface area contributed by atoms with Gasteiger partial charge in [0.25, 0.3) is 0 Å². The van der Waals surface area contributed by atoms with E-state index in [4.69, 9.17) is 15.7 Å². The number of amidine groups is 1. The molecule has 0 aromatic heterocycles. The Labute approximate surface area is 107 Å². The van der Waals surface area contributed by atoms with Crippen molar-refractivity contribution in [3.05, 3.63) is 0 Å². The summed E-state index contributed by atoms with van der Waals surface area (Å²) in [5, 5.41) is 12.0. The first-order valence-electron chi connectivity index (χ1n) is 6.45. The van der Waals surface area contributed by atoms with E-state index in [0.29, 0.717) is 32.1 Å². The SMILES string of the molecule is CN(C(=O)C1(C(N)=NO)CCOCC1)C1CCC1. The third kappa shape index (κ3) is 2.05. The Kier molecular flexibility index (Phi) is 3.75. The molecule has 2 fully saturated rings. The second-order valence-corrected chi connectivity index (χ2v) is 5.18. The Morgan fingerprint density at radius 2 is 2.06 bits per heavy atom. The average molecular weight is 255 g/mol.